The van der Waals surface area contributed by atoms with Gasteiger partial charge in [0, 0.05) is 49.2 Å². The molecule has 3 aliphatic heterocycles. The first kappa shape index (κ1) is 19.4. The summed E-state index contributed by atoms with van der Waals surface area (Å²) in [6.45, 7) is 3.91. The molecule has 30 heavy (non-hydrogen) atoms. The van der Waals surface area contributed by atoms with Gasteiger partial charge in [0.1, 0.15) is 16.9 Å². The predicted molar refractivity (Wildman–Crippen MR) is 113 cm³/mol. The number of aromatic nitrogens is 3. The molecule has 158 valence electrons. The summed E-state index contributed by atoms with van der Waals surface area (Å²) in [6.07, 6.45) is 8.67. The lowest BCUT2D eigenvalue weighted by atomic mass is 9.71. The van der Waals surface area contributed by atoms with E-state index in [4.69, 9.17) is 0 Å². The zero-order valence-electron chi connectivity index (χ0n) is 17.0. The van der Waals surface area contributed by atoms with E-state index < -0.39 is 6.04 Å². The third-order valence-electron chi connectivity index (χ3n) is 6.57. The van der Waals surface area contributed by atoms with Crippen LogP contribution in [0.15, 0.2) is 24.0 Å². The van der Waals surface area contributed by atoms with Gasteiger partial charge in [0.05, 0.1) is 18.4 Å². The number of carbonyl (C=O) groups is 2. The van der Waals surface area contributed by atoms with Crippen molar-refractivity contribution in [2.75, 3.05) is 18.0 Å². The number of carbonyl (C=O) groups excluding carboxylic acids is 2. The molecule has 2 aromatic rings. The Hall–Kier alpha value is -2.55. The number of rotatable bonds is 4. The van der Waals surface area contributed by atoms with Gasteiger partial charge >= 0.3 is 0 Å². The molecule has 3 saturated heterocycles. The number of nitrogens with zero attached hydrogens (tertiary/aromatic N) is 5. The number of amides is 2. The third-order valence-corrected chi connectivity index (χ3v) is 7.35. The van der Waals surface area contributed by atoms with Crippen molar-refractivity contribution in [2.24, 2.45) is 11.8 Å². The number of thiazole rings is 1. The van der Waals surface area contributed by atoms with Crippen LogP contribution in [0, 0.1) is 18.8 Å². The van der Waals surface area contributed by atoms with Gasteiger partial charge in [-0.3, -0.25) is 14.6 Å². The fourth-order valence-electron chi connectivity index (χ4n) is 5.39. The van der Waals surface area contributed by atoms with Crippen LogP contribution in [0.4, 0.5) is 5.82 Å². The number of piperidine rings is 3. The van der Waals surface area contributed by atoms with Crippen LogP contribution in [0.2, 0.25) is 0 Å². The van der Waals surface area contributed by atoms with E-state index in [1.54, 1.807) is 18.6 Å². The van der Waals surface area contributed by atoms with E-state index in [1.807, 2.05) is 17.2 Å². The van der Waals surface area contributed by atoms with Gasteiger partial charge in [0.25, 0.3) is 0 Å². The highest BCUT2D eigenvalue weighted by atomic mass is 32.1. The molecule has 0 unspecified atom stereocenters. The minimum Gasteiger partial charge on any atom is -0.355 e. The Morgan fingerprint density at radius 3 is 2.97 bits per heavy atom. The second kappa shape index (κ2) is 7.94. The number of hydrogen-bond donors (Lipinski definition) is 1. The fourth-order valence-corrected chi connectivity index (χ4v) is 5.95. The van der Waals surface area contributed by atoms with Gasteiger partial charge in [-0.05, 0) is 32.1 Å². The van der Waals surface area contributed by atoms with Crippen LogP contribution in [-0.4, -0.2) is 56.8 Å². The largest absolute Gasteiger partial charge is 0.355 e. The quantitative estimate of drug-likeness (QED) is 0.801. The van der Waals surface area contributed by atoms with Crippen molar-refractivity contribution >= 4 is 29.0 Å². The monoisotopic (exact) mass is 426 g/mol. The smallest absolute Gasteiger partial charge is 0.243 e. The van der Waals surface area contributed by atoms with Crippen molar-refractivity contribution < 1.29 is 9.59 Å². The van der Waals surface area contributed by atoms with Crippen LogP contribution < -0.4 is 10.2 Å². The SMILES string of the molecule is Cc1cncc(N2C[C@@H]3C[C@H](C2)[C@H](C(=O)NCc2nccs2)N2C(=O)CCC[C@@H]32)n1. The van der Waals surface area contributed by atoms with E-state index in [-0.39, 0.29) is 23.8 Å². The normalized spacial score (nSPS) is 28.2. The molecular weight excluding hydrogens is 400 g/mol. The zero-order valence-corrected chi connectivity index (χ0v) is 17.8. The summed E-state index contributed by atoms with van der Waals surface area (Å²) in [5.41, 5.74) is 0.885. The average molecular weight is 427 g/mol. The summed E-state index contributed by atoms with van der Waals surface area (Å²) >= 11 is 1.52. The van der Waals surface area contributed by atoms with Crippen molar-refractivity contribution in [1.29, 1.82) is 0 Å². The zero-order chi connectivity index (χ0) is 20.7. The molecular formula is C21H26N6O2S. The number of aryl methyl sites for hydroxylation is 1. The van der Waals surface area contributed by atoms with Gasteiger partial charge in [-0.25, -0.2) is 9.97 Å². The van der Waals surface area contributed by atoms with Crippen molar-refractivity contribution in [3.63, 3.8) is 0 Å². The Kier molecular flexibility index (Phi) is 5.14. The Morgan fingerprint density at radius 1 is 1.30 bits per heavy atom. The first-order valence-corrected chi connectivity index (χ1v) is 11.5. The maximum atomic E-state index is 13.3. The molecule has 5 heterocycles. The first-order chi connectivity index (χ1) is 14.6. The third kappa shape index (κ3) is 3.55. The molecule has 0 radical (unpaired) electrons. The highest BCUT2D eigenvalue weighted by molar-refractivity contribution is 7.09. The molecule has 3 aliphatic rings. The molecule has 4 atom stereocenters. The van der Waals surface area contributed by atoms with E-state index in [0.29, 0.717) is 25.4 Å². The minimum absolute atomic E-state index is 0.0638. The lowest BCUT2D eigenvalue weighted by molar-refractivity contribution is -0.156. The van der Waals surface area contributed by atoms with E-state index in [0.717, 1.165) is 42.3 Å². The summed E-state index contributed by atoms with van der Waals surface area (Å²) < 4.78 is 0. The maximum absolute atomic E-state index is 13.3. The molecule has 3 fully saturated rings. The van der Waals surface area contributed by atoms with Crippen molar-refractivity contribution in [3.05, 3.63) is 34.7 Å². The Morgan fingerprint density at radius 2 is 2.17 bits per heavy atom. The standard InChI is InChI=1S/C21H26N6O2S/c1-13-8-22-9-17(25-13)26-11-14-7-15(12-26)20(27-16(14)3-2-4-19(27)28)21(29)24-10-18-23-5-6-30-18/h5-6,8-9,14-16,20H,2-4,7,10-12H2,1H3,(H,24,29)/t14-,15+,16-,20+/m0/s1. The first-order valence-electron chi connectivity index (χ1n) is 10.6. The molecule has 8 nitrogen and oxygen atoms in total. The molecule has 0 aromatic carbocycles. The van der Waals surface area contributed by atoms with Crippen molar-refractivity contribution in [3.8, 4) is 0 Å². The second-order valence-corrected chi connectivity index (χ2v) is 9.51. The van der Waals surface area contributed by atoms with E-state index in [9.17, 15) is 9.59 Å². The van der Waals surface area contributed by atoms with Crippen LogP contribution >= 0.6 is 11.3 Å². The lowest BCUT2D eigenvalue weighted by Gasteiger charge is -2.56. The van der Waals surface area contributed by atoms with E-state index in [2.05, 4.69) is 25.2 Å². The van der Waals surface area contributed by atoms with Gasteiger partial charge < -0.3 is 15.1 Å². The number of hydrogen-bond acceptors (Lipinski definition) is 7. The summed E-state index contributed by atoms with van der Waals surface area (Å²) in [6, 6.07) is -0.307. The van der Waals surface area contributed by atoms with Gasteiger partial charge in [0.15, 0.2) is 0 Å². The van der Waals surface area contributed by atoms with Crippen molar-refractivity contribution in [1.82, 2.24) is 25.2 Å². The minimum atomic E-state index is -0.431. The molecule has 9 heteroatoms. The van der Waals surface area contributed by atoms with Crippen LogP contribution in [-0.2, 0) is 16.1 Å². The maximum Gasteiger partial charge on any atom is 0.243 e. The Balaban J connectivity index is 1.41. The van der Waals surface area contributed by atoms with Gasteiger partial charge in [-0.15, -0.1) is 11.3 Å². The molecule has 1 N–H and O–H groups in total. The van der Waals surface area contributed by atoms with Crippen LogP contribution in [0.25, 0.3) is 0 Å². The Labute approximate surface area is 179 Å². The topological polar surface area (TPSA) is 91.3 Å². The summed E-state index contributed by atoms with van der Waals surface area (Å²) in [5, 5.41) is 5.82. The molecule has 2 bridgehead atoms. The van der Waals surface area contributed by atoms with Crippen LogP contribution in [0.3, 0.4) is 0 Å². The number of nitrogens with one attached hydrogen (secondary N) is 1. The van der Waals surface area contributed by atoms with E-state index in [1.165, 1.54) is 11.3 Å². The fraction of sp³-hybridized carbons (Fsp3) is 0.571. The molecule has 0 saturated carbocycles. The van der Waals surface area contributed by atoms with Gasteiger partial charge in [0.2, 0.25) is 11.8 Å². The molecule has 0 spiro atoms. The number of anilines is 1. The summed E-state index contributed by atoms with van der Waals surface area (Å²) in [4.78, 5) is 43.6. The van der Waals surface area contributed by atoms with Gasteiger partial charge in [-0.2, -0.15) is 0 Å². The van der Waals surface area contributed by atoms with Crippen LogP contribution in [0.1, 0.15) is 36.4 Å². The predicted octanol–water partition coefficient (Wildman–Crippen LogP) is 1.76. The molecule has 0 aliphatic carbocycles. The van der Waals surface area contributed by atoms with Gasteiger partial charge in [-0.1, -0.05) is 0 Å². The highest BCUT2D eigenvalue weighted by Gasteiger charge is 2.52. The van der Waals surface area contributed by atoms with Crippen LogP contribution in [0.5, 0.6) is 0 Å². The Bertz CT molecular complexity index is 935. The second-order valence-electron chi connectivity index (χ2n) is 8.53. The average Bonchev–Trinajstić information content (AvgIpc) is 3.26. The lowest BCUT2D eigenvalue weighted by Crippen LogP contribution is -2.68. The summed E-state index contributed by atoms with van der Waals surface area (Å²) in [5.74, 6) is 1.37. The number of fused-ring (bicyclic) bond motifs is 4. The van der Waals surface area contributed by atoms with Crippen molar-refractivity contribution in [2.45, 2.75) is 51.2 Å². The van der Waals surface area contributed by atoms with E-state index >= 15 is 0 Å². The highest BCUT2D eigenvalue weighted by Crippen LogP contribution is 2.42. The summed E-state index contributed by atoms with van der Waals surface area (Å²) in [7, 11) is 0. The molecule has 2 aromatic heterocycles. The molecule has 5 rings (SSSR count). The molecule has 2 amide bonds.